The van der Waals surface area contributed by atoms with E-state index in [4.69, 9.17) is 9.47 Å². The number of fused-ring (bicyclic) bond motifs is 1. The fourth-order valence-corrected chi connectivity index (χ4v) is 8.37. The molecule has 4 rings (SSSR count). The third kappa shape index (κ3) is 7.77. The molecule has 0 bridgehead atoms. The summed E-state index contributed by atoms with van der Waals surface area (Å²) in [6, 6.07) is 20.6. The quantitative estimate of drug-likeness (QED) is 0.172. The van der Waals surface area contributed by atoms with E-state index in [9.17, 15) is 15.0 Å². The molecule has 1 heterocycles. The van der Waals surface area contributed by atoms with E-state index in [1.165, 1.54) is 17.8 Å². The molecule has 0 saturated heterocycles. The number of carbonyl (C=O) groups is 1. The lowest BCUT2D eigenvalue weighted by atomic mass is 9.85. The van der Waals surface area contributed by atoms with Gasteiger partial charge in [0.25, 0.3) is 0 Å². The van der Waals surface area contributed by atoms with Crippen molar-refractivity contribution in [2.24, 2.45) is 0 Å². The number of methoxy groups -OCH3 is 1. The monoisotopic (exact) mass is 656 g/mol. The summed E-state index contributed by atoms with van der Waals surface area (Å²) in [5, 5.41) is 19.1. The molecular formula is C34H44N2O7S2. The molecule has 2 N–H and O–H groups in total. The number of thioether (sulfide) groups is 1. The van der Waals surface area contributed by atoms with E-state index in [1.807, 2.05) is 66.9 Å². The molecule has 0 radical (unpaired) electrons. The second-order valence-electron chi connectivity index (χ2n) is 11.3. The van der Waals surface area contributed by atoms with Crippen molar-refractivity contribution in [3.8, 4) is 11.5 Å². The average Bonchev–Trinajstić information content (AvgIpc) is 3.13. The molecule has 1 atom stereocenters. The van der Waals surface area contributed by atoms with Crippen molar-refractivity contribution in [3.63, 3.8) is 0 Å². The summed E-state index contributed by atoms with van der Waals surface area (Å²) >= 11 is 1.37. The largest absolute Gasteiger partial charge is 0.497 e. The number of carboxylic acids is 1. The van der Waals surface area contributed by atoms with Crippen molar-refractivity contribution < 1.29 is 32.9 Å². The standard InChI is InChI=1S/C34H44N2O7S2/c1-5-7-18-34(19-8-6-2)24-35(26-12-10-9-11-13-26)28-20-31(44-4)30(43-23-29(37)33(38)39)21-32(28)45(40,41)36(34)22-25-14-16-27(42-3)17-15-25/h9-17,20-21,29,37H,5-8,18-19,22-24H2,1-4H3,(H,38,39). The summed E-state index contributed by atoms with van der Waals surface area (Å²) in [5.41, 5.74) is 1.51. The molecule has 0 amide bonds. The normalized spacial score (nSPS) is 16.4. The number of aliphatic carboxylic acids is 1. The Labute approximate surface area is 271 Å². The molecule has 0 fully saturated rings. The lowest BCUT2D eigenvalue weighted by Crippen LogP contribution is -2.55. The van der Waals surface area contributed by atoms with E-state index in [0.29, 0.717) is 35.7 Å². The molecule has 1 aliphatic heterocycles. The van der Waals surface area contributed by atoms with Crippen LogP contribution in [0.4, 0.5) is 11.4 Å². The second-order valence-corrected chi connectivity index (χ2v) is 14.0. The van der Waals surface area contributed by atoms with E-state index in [1.54, 1.807) is 11.4 Å². The van der Waals surface area contributed by atoms with Gasteiger partial charge in [0.2, 0.25) is 10.0 Å². The Morgan fingerprint density at radius 3 is 2.22 bits per heavy atom. The van der Waals surface area contributed by atoms with E-state index in [0.717, 1.165) is 36.9 Å². The zero-order valence-electron chi connectivity index (χ0n) is 26.4. The fraction of sp³-hybridized carbons (Fsp3) is 0.441. The molecule has 0 aliphatic carbocycles. The predicted octanol–water partition coefficient (Wildman–Crippen LogP) is 6.70. The number of sulfonamides is 1. The van der Waals surface area contributed by atoms with Crippen molar-refractivity contribution in [2.45, 2.75) is 80.4 Å². The van der Waals surface area contributed by atoms with Gasteiger partial charge < -0.3 is 24.6 Å². The summed E-state index contributed by atoms with van der Waals surface area (Å²) in [5.74, 6) is -0.519. The number of unbranched alkanes of at least 4 members (excludes halogenated alkanes) is 2. The molecule has 244 valence electrons. The maximum atomic E-state index is 15.1. The summed E-state index contributed by atoms with van der Waals surface area (Å²) in [7, 11) is -2.55. The molecule has 3 aromatic carbocycles. The highest BCUT2D eigenvalue weighted by Gasteiger charge is 2.49. The Morgan fingerprint density at radius 1 is 1.02 bits per heavy atom. The van der Waals surface area contributed by atoms with Crippen molar-refractivity contribution in [2.75, 3.05) is 31.4 Å². The first-order valence-corrected chi connectivity index (χ1v) is 18.0. The van der Waals surface area contributed by atoms with Gasteiger partial charge in [-0.3, -0.25) is 0 Å². The average molecular weight is 657 g/mol. The third-order valence-corrected chi connectivity index (χ3v) is 11.1. The molecule has 0 saturated carbocycles. The number of nitrogens with zero attached hydrogens (tertiary/aromatic N) is 2. The Kier molecular flexibility index (Phi) is 11.8. The summed E-state index contributed by atoms with van der Waals surface area (Å²) in [6.45, 7) is 4.34. The van der Waals surface area contributed by atoms with Gasteiger partial charge >= 0.3 is 5.97 Å². The van der Waals surface area contributed by atoms with Gasteiger partial charge in [-0.2, -0.15) is 4.31 Å². The van der Waals surface area contributed by atoms with Crippen LogP contribution in [0.2, 0.25) is 0 Å². The molecule has 0 spiro atoms. The second kappa shape index (κ2) is 15.4. The van der Waals surface area contributed by atoms with Crippen LogP contribution in [-0.2, 0) is 21.4 Å². The zero-order chi connectivity index (χ0) is 32.6. The highest BCUT2D eigenvalue weighted by atomic mass is 32.2. The number of hydrogen-bond acceptors (Lipinski definition) is 8. The molecular weight excluding hydrogens is 613 g/mol. The van der Waals surface area contributed by atoms with Crippen LogP contribution in [0, 0.1) is 0 Å². The van der Waals surface area contributed by atoms with Crippen molar-refractivity contribution >= 4 is 39.1 Å². The lowest BCUT2D eigenvalue weighted by molar-refractivity contribution is -0.148. The maximum Gasteiger partial charge on any atom is 0.336 e. The fourth-order valence-electron chi connectivity index (χ4n) is 5.82. The molecule has 3 aromatic rings. The Morgan fingerprint density at radius 2 is 1.67 bits per heavy atom. The molecule has 11 heteroatoms. The number of aliphatic hydroxyl groups excluding tert-OH is 1. The van der Waals surface area contributed by atoms with Crippen LogP contribution in [0.15, 0.2) is 76.5 Å². The predicted molar refractivity (Wildman–Crippen MR) is 178 cm³/mol. The van der Waals surface area contributed by atoms with Gasteiger partial charge in [-0.05, 0) is 55.0 Å². The van der Waals surface area contributed by atoms with Crippen molar-refractivity contribution in [3.05, 3.63) is 72.3 Å². The first kappa shape index (κ1) is 34.6. The molecule has 9 nitrogen and oxygen atoms in total. The molecule has 45 heavy (non-hydrogen) atoms. The van der Waals surface area contributed by atoms with Crippen molar-refractivity contribution in [1.82, 2.24) is 4.31 Å². The Bertz CT molecular complexity index is 1520. The number of rotatable bonds is 15. The van der Waals surface area contributed by atoms with Gasteiger partial charge in [0.1, 0.15) is 23.0 Å². The smallest absolute Gasteiger partial charge is 0.336 e. The number of benzene rings is 3. The van der Waals surface area contributed by atoms with Crippen LogP contribution in [0.25, 0.3) is 0 Å². The number of carboxylic acid groups (broad SMARTS) is 1. The molecule has 0 aromatic heterocycles. The van der Waals surface area contributed by atoms with Gasteiger partial charge in [0.15, 0.2) is 6.10 Å². The van der Waals surface area contributed by atoms with Gasteiger partial charge in [-0.1, -0.05) is 69.9 Å². The molecule has 1 unspecified atom stereocenters. The topological polar surface area (TPSA) is 117 Å². The number of aliphatic hydroxyl groups is 1. The minimum Gasteiger partial charge on any atom is -0.497 e. The minimum atomic E-state index is -4.15. The number of anilines is 2. The minimum absolute atomic E-state index is 0.0763. The SMILES string of the molecule is CCCCC1(CCCC)CN(c2ccccc2)c2cc(SC)c(OCC(O)C(=O)O)cc2S(=O)(=O)N1Cc1ccc(OC)cc1. The Balaban J connectivity index is 1.99. The zero-order valence-corrected chi connectivity index (χ0v) is 28.1. The third-order valence-electron chi connectivity index (χ3n) is 8.31. The van der Waals surface area contributed by atoms with E-state index < -0.39 is 34.2 Å². The highest BCUT2D eigenvalue weighted by Crippen LogP contribution is 2.48. The number of hydrogen-bond donors (Lipinski definition) is 2. The lowest BCUT2D eigenvalue weighted by Gasteiger charge is -2.44. The van der Waals surface area contributed by atoms with Crippen LogP contribution in [0.1, 0.15) is 57.9 Å². The maximum absolute atomic E-state index is 15.1. The highest BCUT2D eigenvalue weighted by molar-refractivity contribution is 7.98. The van der Waals surface area contributed by atoms with E-state index in [2.05, 4.69) is 18.7 Å². The van der Waals surface area contributed by atoms with Gasteiger partial charge in [0.05, 0.1) is 23.2 Å². The van der Waals surface area contributed by atoms with Crippen molar-refractivity contribution in [1.29, 1.82) is 0 Å². The van der Waals surface area contributed by atoms with Gasteiger partial charge in [-0.15, -0.1) is 11.8 Å². The first-order chi connectivity index (χ1) is 21.6. The summed E-state index contributed by atoms with van der Waals surface area (Å²) in [4.78, 5) is 14.1. The van der Waals surface area contributed by atoms with Gasteiger partial charge in [-0.25, -0.2) is 13.2 Å². The van der Waals surface area contributed by atoms with Crippen LogP contribution in [-0.4, -0.2) is 67.1 Å². The first-order valence-electron chi connectivity index (χ1n) is 15.3. The van der Waals surface area contributed by atoms with Crippen LogP contribution < -0.4 is 14.4 Å². The van der Waals surface area contributed by atoms with E-state index in [-0.39, 0.29) is 17.2 Å². The van der Waals surface area contributed by atoms with E-state index >= 15 is 8.42 Å². The van der Waals surface area contributed by atoms with Crippen LogP contribution in [0.5, 0.6) is 11.5 Å². The summed E-state index contributed by atoms with van der Waals surface area (Å²) < 4.78 is 43.1. The number of para-hydroxylation sites is 1. The Hall–Kier alpha value is -3.25. The summed E-state index contributed by atoms with van der Waals surface area (Å²) in [6.07, 6.45) is 5.01. The van der Waals surface area contributed by atoms with Crippen LogP contribution >= 0.6 is 11.8 Å². The molecule has 1 aliphatic rings. The van der Waals surface area contributed by atoms with Crippen LogP contribution in [0.3, 0.4) is 0 Å². The number of ether oxygens (including phenoxy) is 2. The van der Waals surface area contributed by atoms with Gasteiger partial charge in [0, 0.05) is 24.8 Å².